The highest BCUT2D eigenvalue weighted by molar-refractivity contribution is 5.82. The van der Waals surface area contributed by atoms with Crippen LogP contribution in [0, 0.1) is 6.92 Å². The number of methoxy groups -OCH3 is 1. The molecule has 1 aromatic heterocycles. The molecule has 0 radical (unpaired) electrons. The van der Waals surface area contributed by atoms with E-state index in [1.165, 1.54) is 16.6 Å². The molecule has 5 nitrogen and oxygen atoms in total. The van der Waals surface area contributed by atoms with E-state index in [0.717, 1.165) is 23.3 Å². The zero-order chi connectivity index (χ0) is 18.5. The molecule has 0 bridgehead atoms. The van der Waals surface area contributed by atoms with Crippen LogP contribution in [-0.2, 0) is 20.0 Å². The fourth-order valence-electron chi connectivity index (χ4n) is 3.11. The van der Waals surface area contributed by atoms with Gasteiger partial charge in [-0.3, -0.25) is 0 Å². The topological polar surface area (TPSA) is 55.3 Å². The van der Waals surface area contributed by atoms with Crippen LogP contribution in [0.5, 0.6) is 5.75 Å². The lowest BCUT2D eigenvalue weighted by Gasteiger charge is -2.10. The Kier molecular flexibility index (Phi) is 5.46. The van der Waals surface area contributed by atoms with Crippen LogP contribution >= 0.6 is 0 Å². The number of para-hydroxylation sites is 1. The molecule has 0 fully saturated rings. The molecule has 0 atom stereocenters. The fraction of sp³-hybridized carbons (Fsp3) is 0.286. The number of ether oxygens (including phenoxy) is 1. The molecule has 0 aliphatic carbocycles. The number of carbonyl (C=O) groups excluding carboxylic acids is 1. The normalized spacial score (nSPS) is 10.7. The Labute approximate surface area is 154 Å². The predicted molar refractivity (Wildman–Crippen MR) is 105 cm³/mol. The highest BCUT2D eigenvalue weighted by atomic mass is 16.5. The summed E-state index contributed by atoms with van der Waals surface area (Å²) >= 11 is 0. The van der Waals surface area contributed by atoms with E-state index in [2.05, 4.69) is 53.4 Å². The van der Waals surface area contributed by atoms with E-state index >= 15 is 0 Å². The maximum absolute atomic E-state index is 12.0. The van der Waals surface area contributed by atoms with Crippen molar-refractivity contribution < 1.29 is 9.53 Å². The number of urea groups is 1. The Balaban J connectivity index is 1.49. The second-order valence-corrected chi connectivity index (χ2v) is 6.41. The fourth-order valence-corrected chi connectivity index (χ4v) is 3.11. The van der Waals surface area contributed by atoms with Gasteiger partial charge in [-0.15, -0.1) is 0 Å². The molecule has 0 spiro atoms. The summed E-state index contributed by atoms with van der Waals surface area (Å²) < 4.78 is 7.49. The van der Waals surface area contributed by atoms with Gasteiger partial charge >= 0.3 is 6.03 Å². The van der Waals surface area contributed by atoms with Gasteiger partial charge in [-0.2, -0.15) is 0 Å². The van der Waals surface area contributed by atoms with Gasteiger partial charge in [0.05, 0.1) is 7.11 Å². The summed E-state index contributed by atoms with van der Waals surface area (Å²) in [7, 11) is 3.72. The van der Waals surface area contributed by atoms with E-state index in [4.69, 9.17) is 4.74 Å². The summed E-state index contributed by atoms with van der Waals surface area (Å²) in [6.07, 6.45) is 0.729. The van der Waals surface area contributed by atoms with Crippen LogP contribution in [0.25, 0.3) is 10.9 Å². The van der Waals surface area contributed by atoms with Gasteiger partial charge in [0.1, 0.15) is 5.75 Å². The molecular weight excluding hydrogens is 326 g/mol. The van der Waals surface area contributed by atoms with Gasteiger partial charge in [0.2, 0.25) is 0 Å². The lowest BCUT2D eigenvalue weighted by molar-refractivity contribution is 0.240. The van der Waals surface area contributed by atoms with Gasteiger partial charge < -0.3 is 19.9 Å². The number of nitrogens with zero attached hydrogens (tertiary/aromatic N) is 1. The van der Waals surface area contributed by atoms with Crippen molar-refractivity contribution in [3.05, 3.63) is 65.4 Å². The van der Waals surface area contributed by atoms with Crippen molar-refractivity contribution in [3.8, 4) is 5.75 Å². The molecule has 136 valence electrons. The molecule has 0 saturated carbocycles. The lowest BCUT2D eigenvalue weighted by Crippen LogP contribution is -2.36. The van der Waals surface area contributed by atoms with Crippen LogP contribution in [0.1, 0.15) is 16.8 Å². The average Bonchev–Trinajstić information content (AvgIpc) is 2.94. The van der Waals surface area contributed by atoms with Crippen molar-refractivity contribution in [2.24, 2.45) is 7.05 Å². The smallest absolute Gasteiger partial charge is 0.315 e. The molecule has 0 unspecified atom stereocenters. The Morgan fingerprint density at radius 2 is 1.92 bits per heavy atom. The Bertz CT molecular complexity index is 915. The van der Waals surface area contributed by atoms with Gasteiger partial charge in [0.25, 0.3) is 0 Å². The van der Waals surface area contributed by atoms with Crippen molar-refractivity contribution in [1.82, 2.24) is 15.2 Å². The predicted octanol–water partition coefficient (Wildman–Crippen LogP) is 3.54. The van der Waals surface area contributed by atoms with Gasteiger partial charge in [-0.05, 0) is 48.7 Å². The second kappa shape index (κ2) is 7.95. The highest BCUT2D eigenvalue weighted by Gasteiger charge is 2.06. The summed E-state index contributed by atoms with van der Waals surface area (Å²) in [6.45, 7) is 3.15. The van der Waals surface area contributed by atoms with Crippen LogP contribution < -0.4 is 15.4 Å². The highest BCUT2D eigenvalue weighted by Crippen LogP contribution is 2.20. The number of carbonyl (C=O) groups is 1. The second-order valence-electron chi connectivity index (χ2n) is 6.41. The summed E-state index contributed by atoms with van der Waals surface area (Å²) in [5.41, 5.74) is 4.59. The van der Waals surface area contributed by atoms with E-state index in [1.54, 1.807) is 7.11 Å². The van der Waals surface area contributed by atoms with Crippen molar-refractivity contribution in [2.75, 3.05) is 13.7 Å². The minimum absolute atomic E-state index is 0.163. The molecular formula is C21H25N3O2. The molecule has 3 rings (SSSR count). The largest absolute Gasteiger partial charge is 0.496 e. The summed E-state index contributed by atoms with van der Waals surface area (Å²) in [5.74, 6) is 0.848. The van der Waals surface area contributed by atoms with Gasteiger partial charge in [-0.1, -0.05) is 24.3 Å². The molecule has 0 saturated heterocycles. The van der Waals surface area contributed by atoms with E-state index in [-0.39, 0.29) is 6.03 Å². The summed E-state index contributed by atoms with van der Waals surface area (Å²) in [5, 5.41) is 7.00. The van der Waals surface area contributed by atoms with Crippen LogP contribution in [-0.4, -0.2) is 24.3 Å². The standard InChI is InChI=1S/C21H25N3O2/c1-15-12-18-13-16(8-9-19(18)24(15)2)14-23-21(25)22-11-10-17-6-4-5-7-20(17)26-3/h4-9,12-13H,10-11,14H2,1-3H3,(H2,22,23,25). The number of hydrogen-bond acceptors (Lipinski definition) is 2. The average molecular weight is 351 g/mol. The maximum atomic E-state index is 12.0. The monoisotopic (exact) mass is 351 g/mol. The molecule has 3 aromatic rings. The number of aryl methyl sites for hydroxylation is 2. The Morgan fingerprint density at radius 3 is 2.73 bits per heavy atom. The molecule has 0 aliphatic rings. The van der Waals surface area contributed by atoms with E-state index in [9.17, 15) is 4.79 Å². The van der Waals surface area contributed by atoms with Crippen molar-refractivity contribution in [2.45, 2.75) is 19.9 Å². The Morgan fingerprint density at radius 1 is 1.12 bits per heavy atom. The molecule has 2 N–H and O–H groups in total. The first-order valence-corrected chi connectivity index (χ1v) is 8.77. The van der Waals surface area contributed by atoms with Crippen LogP contribution in [0.3, 0.4) is 0 Å². The minimum atomic E-state index is -0.163. The third kappa shape index (κ3) is 3.99. The van der Waals surface area contributed by atoms with Gasteiger partial charge in [-0.25, -0.2) is 4.79 Å². The van der Waals surface area contributed by atoms with Gasteiger partial charge in [0.15, 0.2) is 0 Å². The number of benzene rings is 2. The van der Waals surface area contributed by atoms with Crippen molar-refractivity contribution in [3.63, 3.8) is 0 Å². The number of hydrogen-bond donors (Lipinski definition) is 2. The summed E-state index contributed by atoms with van der Waals surface area (Å²) in [4.78, 5) is 12.0. The first kappa shape index (κ1) is 17.9. The quantitative estimate of drug-likeness (QED) is 0.714. The van der Waals surface area contributed by atoms with E-state index in [0.29, 0.717) is 13.1 Å². The number of aromatic nitrogens is 1. The number of amides is 2. The first-order chi connectivity index (χ1) is 12.6. The third-order valence-electron chi connectivity index (χ3n) is 4.67. The van der Waals surface area contributed by atoms with Crippen molar-refractivity contribution in [1.29, 1.82) is 0 Å². The van der Waals surface area contributed by atoms with Crippen LogP contribution in [0.2, 0.25) is 0 Å². The molecule has 2 aromatic carbocycles. The maximum Gasteiger partial charge on any atom is 0.315 e. The molecule has 5 heteroatoms. The Hall–Kier alpha value is -2.95. The molecule has 26 heavy (non-hydrogen) atoms. The van der Waals surface area contributed by atoms with Crippen LogP contribution in [0.4, 0.5) is 4.79 Å². The zero-order valence-electron chi connectivity index (χ0n) is 15.5. The van der Waals surface area contributed by atoms with E-state index in [1.807, 2.05) is 24.3 Å². The number of nitrogens with one attached hydrogen (secondary N) is 2. The van der Waals surface area contributed by atoms with Crippen molar-refractivity contribution >= 4 is 16.9 Å². The minimum Gasteiger partial charge on any atom is -0.496 e. The number of rotatable bonds is 6. The van der Waals surface area contributed by atoms with E-state index < -0.39 is 0 Å². The zero-order valence-corrected chi connectivity index (χ0v) is 15.5. The van der Waals surface area contributed by atoms with Crippen LogP contribution in [0.15, 0.2) is 48.5 Å². The van der Waals surface area contributed by atoms with Gasteiger partial charge in [0, 0.05) is 36.7 Å². The SMILES string of the molecule is COc1ccccc1CCNC(=O)NCc1ccc2c(c1)cc(C)n2C. The number of fused-ring (bicyclic) bond motifs is 1. The summed E-state index contributed by atoms with van der Waals surface area (Å²) in [6, 6.07) is 16.1. The molecule has 1 heterocycles. The molecule has 2 amide bonds. The molecule has 0 aliphatic heterocycles. The first-order valence-electron chi connectivity index (χ1n) is 8.77. The third-order valence-corrected chi connectivity index (χ3v) is 4.67. The lowest BCUT2D eigenvalue weighted by atomic mass is 10.1.